The number of rotatable bonds is 6. The third-order valence-corrected chi connectivity index (χ3v) is 2.76. The summed E-state index contributed by atoms with van der Waals surface area (Å²) in [5.74, 6) is -0.647. The van der Waals surface area contributed by atoms with Gasteiger partial charge in [-0.3, -0.25) is 10.1 Å². The number of halogens is 3. The van der Waals surface area contributed by atoms with E-state index in [0.717, 1.165) is 18.2 Å². The van der Waals surface area contributed by atoms with Crippen molar-refractivity contribution in [2.45, 2.75) is 13.2 Å². The predicted molar refractivity (Wildman–Crippen MR) is 73.5 cm³/mol. The molecule has 0 aliphatic carbocycles. The maximum atomic E-state index is 13.2. The second kappa shape index (κ2) is 6.79. The second-order valence-electron chi connectivity index (χ2n) is 4.30. The predicted octanol–water partition coefficient (Wildman–Crippen LogP) is 3.95. The molecule has 0 spiro atoms. The van der Waals surface area contributed by atoms with Gasteiger partial charge in [-0.1, -0.05) is 12.1 Å². The van der Waals surface area contributed by atoms with Gasteiger partial charge in [0, 0.05) is 18.7 Å². The number of hydrogen-bond donors (Lipinski definition) is 1. The summed E-state index contributed by atoms with van der Waals surface area (Å²) in [5.41, 5.74) is 0.281. The van der Waals surface area contributed by atoms with Crippen molar-refractivity contribution in [2.24, 2.45) is 0 Å². The SMILES string of the molecule is O=[N+]([O-])c1ccc(F)cc1NCc1cccc(OC(F)F)c1. The Labute approximate surface area is 123 Å². The van der Waals surface area contributed by atoms with E-state index < -0.39 is 17.4 Å². The molecule has 0 unspecified atom stereocenters. The molecule has 8 heteroatoms. The Kier molecular flexibility index (Phi) is 4.82. The fourth-order valence-electron chi connectivity index (χ4n) is 1.84. The van der Waals surface area contributed by atoms with Crippen LogP contribution in [0.1, 0.15) is 5.56 Å². The van der Waals surface area contributed by atoms with Crippen molar-refractivity contribution in [3.05, 3.63) is 64.0 Å². The molecule has 2 rings (SSSR count). The number of nitrogens with zero attached hydrogens (tertiary/aromatic N) is 1. The van der Waals surface area contributed by atoms with Gasteiger partial charge in [-0.15, -0.1) is 0 Å². The zero-order valence-corrected chi connectivity index (χ0v) is 11.1. The molecule has 0 aliphatic heterocycles. The highest BCUT2D eigenvalue weighted by atomic mass is 19.3. The van der Waals surface area contributed by atoms with Crippen molar-refractivity contribution in [2.75, 3.05) is 5.32 Å². The molecule has 5 nitrogen and oxygen atoms in total. The molecule has 0 atom stereocenters. The van der Waals surface area contributed by atoms with Gasteiger partial charge >= 0.3 is 6.61 Å². The molecule has 0 fully saturated rings. The van der Waals surface area contributed by atoms with Crippen LogP contribution in [0.4, 0.5) is 24.5 Å². The molecule has 0 saturated heterocycles. The highest BCUT2D eigenvalue weighted by molar-refractivity contribution is 5.61. The second-order valence-corrected chi connectivity index (χ2v) is 4.30. The van der Waals surface area contributed by atoms with E-state index in [2.05, 4.69) is 10.1 Å². The minimum absolute atomic E-state index is 0.00480. The molecule has 0 radical (unpaired) electrons. The van der Waals surface area contributed by atoms with Gasteiger partial charge < -0.3 is 10.1 Å². The number of hydrogen-bond acceptors (Lipinski definition) is 4. The van der Waals surface area contributed by atoms with E-state index in [4.69, 9.17) is 0 Å². The van der Waals surface area contributed by atoms with Crippen LogP contribution in [-0.2, 0) is 6.54 Å². The van der Waals surface area contributed by atoms with Crippen LogP contribution in [0.5, 0.6) is 5.75 Å². The molecular weight excluding hydrogens is 301 g/mol. The number of nitrogens with one attached hydrogen (secondary N) is 1. The van der Waals surface area contributed by atoms with Crippen LogP contribution < -0.4 is 10.1 Å². The van der Waals surface area contributed by atoms with Crippen LogP contribution in [-0.4, -0.2) is 11.5 Å². The normalized spacial score (nSPS) is 10.5. The number of benzene rings is 2. The quantitative estimate of drug-likeness (QED) is 0.648. The fraction of sp³-hybridized carbons (Fsp3) is 0.143. The first-order chi connectivity index (χ1) is 10.5. The molecule has 0 heterocycles. The summed E-state index contributed by atoms with van der Waals surface area (Å²) in [4.78, 5) is 10.2. The Balaban J connectivity index is 2.13. The highest BCUT2D eigenvalue weighted by Gasteiger charge is 2.14. The Bertz CT molecular complexity index is 680. The lowest BCUT2D eigenvalue weighted by atomic mass is 10.2. The molecule has 2 aromatic rings. The van der Waals surface area contributed by atoms with Crippen molar-refractivity contribution in [1.82, 2.24) is 0 Å². The maximum Gasteiger partial charge on any atom is 0.387 e. The summed E-state index contributed by atoms with van der Waals surface area (Å²) in [6, 6.07) is 8.89. The molecule has 0 aromatic heterocycles. The first-order valence-corrected chi connectivity index (χ1v) is 6.17. The molecule has 0 amide bonds. The molecular formula is C14H11F3N2O3. The zero-order chi connectivity index (χ0) is 16.1. The molecule has 1 N–H and O–H groups in total. The van der Waals surface area contributed by atoms with Gasteiger partial charge in [0.05, 0.1) is 4.92 Å². The minimum Gasteiger partial charge on any atom is -0.435 e. The number of anilines is 1. The van der Waals surface area contributed by atoms with E-state index in [1.807, 2.05) is 0 Å². The number of alkyl halides is 2. The lowest BCUT2D eigenvalue weighted by Gasteiger charge is -2.09. The van der Waals surface area contributed by atoms with E-state index in [9.17, 15) is 23.3 Å². The van der Waals surface area contributed by atoms with E-state index in [-0.39, 0.29) is 23.7 Å². The number of ether oxygens (including phenoxy) is 1. The van der Waals surface area contributed by atoms with Gasteiger partial charge in [0.25, 0.3) is 5.69 Å². The smallest absolute Gasteiger partial charge is 0.387 e. The van der Waals surface area contributed by atoms with Crippen LogP contribution in [0.2, 0.25) is 0 Å². The summed E-state index contributed by atoms with van der Waals surface area (Å²) in [6.07, 6.45) is 0. The third-order valence-electron chi connectivity index (χ3n) is 2.76. The molecule has 0 bridgehead atoms. The average molecular weight is 312 g/mol. The number of nitro benzene ring substituents is 1. The van der Waals surface area contributed by atoms with Crippen molar-refractivity contribution >= 4 is 11.4 Å². The van der Waals surface area contributed by atoms with Gasteiger partial charge in [0.15, 0.2) is 0 Å². The van der Waals surface area contributed by atoms with Crippen LogP contribution in [0.15, 0.2) is 42.5 Å². The van der Waals surface area contributed by atoms with Crippen molar-refractivity contribution in [3.8, 4) is 5.75 Å². The summed E-state index contributed by atoms with van der Waals surface area (Å²) in [6.45, 7) is -2.85. The Morgan fingerprint density at radius 2 is 2.00 bits per heavy atom. The van der Waals surface area contributed by atoms with Gasteiger partial charge in [-0.2, -0.15) is 8.78 Å². The first-order valence-electron chi connectivity index (χ1n) is 6.17. The van der Waals surface area contributed by atoms with Crippen molar-refractivity contribution in [3.63, 3.8) is 0 Å². The summed E-state index contributed by atoms with van der Waals surface area (Å²) in [5, 5.41) is 13.6. The van der Waals surface area contributed by atoms with Crippen LogP contribution in [0, 0.1) is 15.9 Å². The average Bonchev–Trinajstić information content (AvgIpc) is 2.44. The van der Waals surface area contributed by atoms with Crippen LogP contribution in [0.3, 0.4) is 0 Å². The highest BCUT2D eigenvalue weighted by Crippen LogP contribution is 2.26. The summed E-state index contributed by atoms with van der Waals surface area (Å²) >= 11 is 0. The summed E-state index contributed by atoms with van der Waals surface area (Å²) in [7, 11) is 0. The fourth-order valence-corrected chi connectivity index (χ4v) is 1.84. The van der Waals surface area contributed by atoms with E-state index in [1.54, 1.807) is 6.07 Å². The molecule has 22 heavy (non-hydrogen) atoms. The Hall–Kier alpha value is -2.77. The molecule has 2 aromatic carbocycles. The van der Waals surface area contributed by atoms with Crippen LogP contribution >= 0.6 is 0 Å². The largest absolute Gasteiger partial charge is 0.435 e. The van der Waals surface area contributed by atoms with Crippen LogP contribution in [0.25, 0.3) is 0 Å². The molecule has 0 saturated carbocycles. The molecule has 0 aliphatic rings. The van der Waals surface area contributed by atoms with Gasteiger partial charge in [0.1, 0.15) is 17.3 Å². The zero-order valence-electron chi connectivity index (χ0n) is 11.1. The van der Waals surface area contributed by atoms with Crippen molar-refractivity contribution in [1.29, 1.82) is 0 Å². The molecule has 116 valence electrons. The van der Waals surface area contributed by atoms with Gasteiger partial charge in [-0.25, -0.2) is 4.39 Å². The lowest BCUT2D eigenvalue weighted by molar-refractivity contribution is -0.384. The maximum absolute atomic E-state index is 13.2. The standard InChI is InChI=1S/C14H11F3N2O3/c15-10-4-5-13(19(20)21)12(7-10)18-8-9-2-1-3-11(6-9)22-14(16)17/h1-7,14,18H,8H2. The Morgan fingerprint density at radius 3 is 2.68 bits per heavy atom. The topological polar surface area (TPSA) is 64.4 Å². The first kappa shape index (κ1) is 15.6. The van der Waals surface area contributed by atoms with E-state index in [0.29, 0.717) is 5.56 Å². The lowest BCUT2D eigenvalue weighted by Crippen LogP contribution is -2.05. The van der Waals surface area contributed by atoms with E-state index >= 15 is 0 Å². The van der Waals surface area contributed by atoms with Crippen molar-refractivity contribution < 1.29 is 22.8 Å². The Morgan fingerprint density at radius 1 is 1.23 bits per heavy atom. The van der Waals surface area contributed by atoms with Gasteiger partial charge in [0.2, 0.25) is 0 Å². The van der Waals surface area contributed by atoms with Gasteiger partial charge in [-0.05, 0) is 23.8 Å². The van der Waals surface area contributed by atoms with E-state index in [1.165, 1.54) is 18.2 Å². The summed E-state index contributed by atoms with van der Waals surface area (Å²) < 4.78 is 41.7. The number of nitro groups is 1. The monoisotopic (exact) mass is 312 g/mol. The minimum atomic E-state index is -2.94. The third kappa shape index (κ3) is 4.11.